The summed E-state index contributed by atoms with van der Waals surface area (Å²) in [6.45, 7) is 5.31. The molecule has 36 heavy (non-hydrogen) atoms. The predicted molar refractivity (Wildman–Crippen MR) is 134 cm³/mol. The van der Waals surface area contributed by atoms with Crippen LogP contribution in [0.15, 0.2) is 97.2 Å². The molecule has 0 amide bonds. The molecule has 3 nitrogen and oxygen atoms in total. The van der Waals surface area contributed by atoms with Crippen molar-refractivity contribution in [1.82, 2.24) is 9.47 Å². The van der Waals surface area contributed by atoms with Gasteiger partial charge in [0.15, 0.2) is 5.60 Å². The van der Waals surface area contributed by atoms with Crippen LogP contribution >= 0.6 is 0 Å². The topological polar surface area (TPSA) is 28.4 Å². The zero-order valence-corrected chi connectivity index (χ0v) is 23.8. The average molecular weight is 545 g/mol. The number of hydrogen-bond donors (Lipinski definition) is 1. The van der Waals surface area contributed by atoms with Crippen molar-refractivity contribution in [2.45, 2.75) is 25.2 Å². The van der Waals surface area contributed by atoms with Crippen LogP contribution in [0.3, 0.4) is 0 Å². The first-order chi connectivity index (χ1) is 16.7. The first-order valence-electron chi connectivity index (χ1n) is 11.3. The number of para-hydroxylation sites is 1. The molecule has 7 heteroatoms. The summed E-state index contributed by atoms with van der Waals surface area (Å²) in [5.41, 5.74) is -0.427. The van der Waals surface area contributed by atoms with Crippen LogP contribution in [0, 0.1) is 6.92 Å². The number of aromatic nitrogens is 1. The Bertz CT molecular complexity index is 1180. The molecule has 1 N–H and O–H groups in total. The Morgan fingerprint density at radius 1 is 0.778 bits per heavy atom. The molecule has 0 atom stereocenters. The third-order valence-electron chi connectivity index (χ3n) is 5.66. The molecule has 0 unspecified atom stereocenters. The summed E-state index contributed by atoms with van der Waals surface area (Å²) in [7, 11) is 3.62. The van der Waals surface area contributed by atoms with E-state index in [0.717, 1.165) is 6.07 Å². The van der Waals surface area contributed by atoms with Crippen LogP contribution in [-0.4, -0.2) is 28.7 Å². The second kappa shape index (κ2) is 12.5. The van der Waals surface area contributed by atoms with Gasteiger partial charge in [0.25, 0.3) is 0 Å². The maximum Gasteiger partial charge on any atom is 0.418 e. The summed E-state index contributed by atoms with van der Waals surface area (Å²) >= 11 is 0. The molecule has 0 bridgehead atoms. The second-order valence-electron chi connectivity index (χ2n) is 8.25. The zero-order chi connectivity index (χ0) is 25.6. The molecule has 186 valence electrons. The molecule has 0 radical (unpaired) electrons. The van der Waals surface area contributed by atoms with Gasteiger partial charge in [0, 0.05) is 32.2 Å². The Balaban J connectivity index is 0.00000148. The Labute approximate surface area is 224 Å². The fourth-order valence-corrected chi connectivity index (χ4v) is 4.26. The predicted octanol–water partition coefficient (Wildman–Crippen LogP) is 6.68. The van der Waals surface area contributed by atoms with Gasteiger partial charge in [0.05, 0.1) is 16.9 Å². The molecule has 0 aliphatic rings. The standard InChI is InChI=1S/C27H25F3N2O.C2H5.Zn/c1-31(2)19-20-11-9-16-23(27(28,29)30)25(20)32-18-10-17-24(32)26(33,21-12-5-3-6-13-21)22-14-7-4-8-15-22;1-2;/h3-18,33H,19H2,1-2H3;1H2,2H3;/q;-1;. The van der Waals surface area contributed by atoms with Gasteiger partial charge in [-0.3, -0.25) is 0 Å². The summed E-state index contributed by atoms with van der Waals surface area (Å²) in [6.07, 6.45) is -2.98. The van der Waals surface area contributed by atoms with Crippen molar-refractivity contribution in [1.29, 1.82) is 0 Å². The molecule has 3 aromatic carbocycles. The number of benzene rings is 3. The monoisotopic (exact) mass is 543 g/mol. The molecule has 4 rings (SSSR count). The normalized spacial score (nSPS) is 11.5. The van der Waals surface area contributed by atoms with E-state index in [2.05, 4.69) is 6.92 Å². The third-order valence-corrected chi connectivity index (χ3v) is 5.66. The number of halogens is 3. The van der Waals surface area contributed by atoms with Gasteiger partial charge >= 0.3 is 6.18 Å². The number of rotatable bonds is 6. The van der Waals surface area contributed by atoms with Gasteiger partial charge in [0.1, 0.15) is 0 Å². The van der Waals surface area contributed by atoms with Crippen LogP contribution in [-0.2, 0) is 37.8 Å². The smallest absolute Gasteiger partial charge is 0.375 e. The van der Waals surface area contributed by atoms with Crippen LogP contribution in [0.5, 0.6) is 0 Å². The van der Waals surface area contributed by atoms with Crippen molar-refractivity contribution in [3.8, 4) is 5.69 Å². The van der Waals surface area contributed by atoms with Gasteiger partial charge in [0.2, 0.25) is 0 Å². The van der Waals surface area contributed by atoms with Crippen molar-refractivity contribution < 1.29 is 37.8 Å². The Morgan fingerprint density at radius 3 is 1.78 bits per heavy atom. The van der Waals surface area contributed by atoms with Crippen molar-refractivity contribution in [3.05, 3.63) is 132 Å². The minimum Gasteiger partial charge on any atom is -0.375 e. The molecule has 0 saturated heterocycles. The molecule has 4 aromatic rings. The van der Waals surface area contributed by atoms with Crippen LogP contribution < -0.4 is 0 Å². The molecule has 0 aliphatic carbocycles. The second-order valence-corrected chi connectivity index (χ2v) is 8.25. The van der Waals surface area contributed by atoms with E-state index in [1.807, 2.05) is 31.1 Å². The van der Waals surface area contributed by atoms with Crippen molar-refractivity contribution >= 4 is 0 Å². The summed E-state index contributed by atoms with van der Waals surface area (Å²) in [6, 6.07) is 25.5. The zero-order valence-electron chi connectivity index (χ0n) is 20.8. The largest absolute Gasteiger partial charge is 0.418 e. The van der Waals surface area contributed by atoms with E-state index in [9.17, 15) is 18.3 Å². The number of alkyl halides is 3. The third kappa shape index (κ3) is 5.97. The number of hydrogen-bond acceptors (Lipinski definition) is 2. The van der Waals surface area contributed by atoms with E-state index in [0.29, 0.717) is 28.9 Å². The molecular weight excluding hydrogens is 515 g/mol. The number of aliphatic hydroxyl groups is 1. The summed E-state index contributed by atoms with van der Waals surface area (Å²) < 4.78 is 43.9. The first-order valence-corrected chi connectivity index (χ1v) is 11.3. The van der Waals surface area contributed by atoms with Crippen molar-refractivity contribution in [2.75, 3.05) is 14.1 Å². The van der Waals surface area contributed by atoms with Crippen molar-refractivity contribution in [3.63, 3.8) is 0 Å². The summed E-state index contributed by atoms with van der Waals surface area (Å²) in [4.78, 5) is 1.82. The molecule has 0 spiro atoms. The molecule has 1 heterocycles. The molecule has 0 aliphatic heterocycles. The van der Waals surface area contributed by atoms with Gasteiger partial charge in [-0.2, -0.15) is 20.1 Å². The SMILES string of the molecule is CN(C)Cc1cccc(C(F)(F)F)c1-n1cccc1C(O)(c1ccccc1)c1ccccc1.[CH2-]C.[Zn]. The van der Waals surface area contributed by atoms with E-state index in [1.54, 1.807) is 79.9 Å². The number of nitrogens with zero attached hydrogens (tertiary/aromatic N) is 2. The van der Waals surface area contributed by atoms with E-state index in [1.165, 1.54) is 10.6 Å². The first kappa shape index (κ1) is 29.5. The fraction of sp³-hybridized carbons (Fsp3) is 0.207. The molecule has 1 aromatic heterocycles. The molecule has 0 saturated carbocycles. The van der Waals surface area contributed by atoms with E-state index >= 15 is 0 Å². The van der Waals surface area contributed by atoms with Gasteiger partial charge in [-0.1, -0.05) is 72.8 Å². The Morgan fingerprint density at radius 2 is 1.31 bits per heavy atom. The maximum absolute atomic E-state index is 14.1. The van der Waals surface area contributed by atoms with Crippen LogP contribution in [0.25, 0.3) is 5.69 Å². The summed E-state index contributed by atoms with van der Waals surface area (Å²) in [5.74, 6) is 0. The summed E-state index contributed by atoms with van der Waals surface area (Å²) in [5, 5.41) is 12.2. The van der Waals surface area contributed by atoms with Crippen LogP contribution in [0.2, 0.25) is 0 Å². The fourth-order valence-electron chi connectivity index (χ4n) is 4.26. The van der Waals surface area contributed by atoms with Gasteiger partial charge in [-0.05, 0) is 49.0 Å². The molecule has 0 fully saturated rings. The minimum atomic E-state index is -4.56. The van der Waals surface area contributed by atoms with Gasteiger partial charge in [-0.15, -0.1) is 0 Å². The quantitative estimate of drug-likeness (QED) is 0.217. The van der Waals surface area contributed by atoms with Gasteiger partial charge in [-0.25, -0.2) is 0 Å². The Kier molecular flexibility index (Phi) is 10.2. The Hall–Kier alpha value is -2.73. The van der Waals surface area contributed by atoms with E-state index < -0.39 is 17.3 Å². The van der Waals surface area contributed by atoms with Crippen molar-refractivity contribution in [2.24, 2.45) is 0 Å². The van der Waals surface area contributed by atoms with E-state index in [-0.39, 0.29) is 25.2 Å². The maximum atomic E-state index is 14.1. The van der Waals surface area contributed by atoms with E-state index in [4.69, 9.17) is 0 Å². The average Bonchev–Trinajstić information content (AvgIpc) is 3.35. The minimum absolute atomic E-state index is 0. The van der Waals surface area contributed by atoms with Crippen LogP contribution in [0.1, 0.15) is 34.9 Å². The van der Waals surface area contributed by atoms with Crippen LogP contribution in [0.4, 0.5) is 13.2 Å². The molecular formula is C29H30F3N2OZn-. The van der Waals surface area contributed by atoms with Gasteiger partial charge < -0.3 is 21.5 Å².